The molecular weight excluding hydrogens is 440 g/mol. The number of rotatable bonds is 6. The summed E-state index contributed by atoms with van der Waals surface area (Å²) >= 11 is 0. The van der Waals surface area contributed by atoms with Crippen molar-refractivity contribution in [3.8, 4) is 0 Å². The first-order chi connectivity index (χ1) is 16.8. The smallest absolute Gasteiger partial charge is 0.249 e. The number of benzene rings is 1. The Morgan fingerprint density at radius 1 is 1.17 bits per heavy atom. The number of carbonyl (C=O) groups is 3. The van der Waals surface area contributed by atoms with E-state index in [1.54, 1.807) is 4.90 Å². The molecule has 5 rings (SSSR count). The van der Waals surface area contributed by atoms with Gasteiger partial charge in [0.2, 0.25) is 17.7 Å². The van der Waals surface area contributed by atoms with Crippen molar-refractivity contribution in [3.05, 3.63) is 29.3 Å². The lowest BCUT2D eigenvalue weighted by Gasteiger charge is -2.58. The number of aryl methyl sites for hydroxylation is 1. The number of nitrogens with one attached hydrogen (secondary N) is 1. The fraction of sp³-hybridized carbons (Fsp3) is 0.679. The van der Waals surface area contributed by atoms with Crippen molar-refractivity contribution in [3.63, 3.8) is 0 Å². The Hall–Kier alpha value is -2.25. The second kappa shape index (κ2) is 9.66. The van der Waals surface area contributed by atoms with Gasteiger partial charge in [-0.25, -0.2) is 0 Å². The number of imide groups is 1. The summed E-state index contributed by atoms with van der Waals surface area (Å²) in [6.45, 7) is 8.73. The molecule has 7 nitrogen and oxygen atoms in total. The van der Waals surface area contributed by atoms with Crippen molar-refractivity contribution in [2.45, 2.75) is 83.2 Å². The molecule has 4 fully saturated rings. The van der Waals surface area contributed by atoms with Crippen molar-refractivity contribution in [1.82, 2.24) is 15.1 Å². The lowest BCUT2D eigenvalue weighted by atomic mass is 9.59. The largest absolute Gasteiger partial charge is 0.306 e. The number of carbonyl (C=O) groups excluding carboxylic acids is 3. The van der Waals surface area contributed by atoms with E-state index in [1.165, 1.54) is 44.3 Å². The molecule has 7 heteroatoms. The fourth-order valence-electron chi connectivity index (χ4n) is 6.66. The molecule has 3 heterocycles. The highest BCUT2D eigenvalue weighted by Gasteiger charge is 2.49. The van der Waals surface area contributed by atoms with E-state index in [0.29, 0.717) is 24.2 Å². The molecule has 0 radical (unpaired) electrons. The number of amides is 3. The molecule has 1 aromatic carbocycles. The maximum absolute atomic E-state index is 13.1. The summed E-state index contributed by atoms with van der Waals surface area (Å²) in [6.07, 6.45) is 7.19. The number of likely N-dealkylation sites (tertiary alicyclic amines) is 2. The average Bonchev–Trinajstić information content (AvgIpc) is 2.76. The minimum absolute atomic E-state index is 0.0551. The normalized spacial score (nSPS) is 25.7. The molecule has 35 heavy (non-hydrogen) atoms. The minimum Gasteiger partial charge on any atom is -0.306 e. The molecule has 0 bridgehead atoms. The average molecular weight is 481 g/mol. The highest BCUT2D eigenvalue weighted by Crippen LogP contribution is 2.52. The van der Waals surface area contributed by atoms with Crippen LogP contribution >= 0.6 is 0 Å². The number of anilines is 1. The maximum atomic E-state index is 13.1. The van der Waals surface area contributed by atoms with E-state index in [1.807, 2.05) is 19.9 Å². The summed E-state index contributed by atoms with van der Waals surface area (Å²) in [5.74, 6) is -0.150. The third kappa shape index (κ3) is 4.77. The van der Waals surface area contributed by atoms with Crippen LogP contribution in [0.4, 0.5) is 5.69 Å². The summed E-state index contributed by atoms with van der Waals surface area (Å²) in [5, 5.41) is 2.41. The molecule has 3 saturated heterocycles. The third-order valence-corrected chi connectivity index (χ3v) is 9.02. The number of hydrogen-bond acceptors (Lipinski definition) is 5. The fourth-order valence-corrected chi connectivity index (χ4v) is 6.66. The van der Waals surface area contributed by atoms with Gasteiger partial charge in [-0.05, 0) is 88.2 Å². The molecule has 1 aliphatic carbocycles. The molecule has 3 aliphatic heterocycles. The van der Waals surface area contributed by atoms with Gasteiger partial charge in [-0.1, -0.05) is 19.1 Å². The first-order valence-corrected chi connectivity index (χ1v) is 13.5. The molecule has 1 aromatic rings. The van der Waals surface area contributed by atoms with E-state index < -0.39 is 6.04 Å². The topological polar surface area (TPSA) is 73.0 Å². The van der Waals surface area contributed by atoms with Crippen LogP contribution in [-0.2, 0) is 14.4 Å². The Kier molecular flexibility index (Phi) is 6.75. The summed E-state index contributed by atoms with van der Waals surface area (Å²) in [7, 11) is 2.24. The van der Waals surface area contributed by atoms with Crippen LogP contribution in [0.25, 0.3) is 0 Å². The summed E-state index contributed by atoms with van der Waals surface area (Å²) in [5.41, 5.74) is 3.75. The first-order valence-electron chi connectivity index (χ1n) is 13.5. The molecule has 1 spiro atoms. The second-order valence-corrected chi connectivity index (χ2v) is 11.5. The zero-order valence-corrected chi connectivity index (χ0v) is 21.5. The highest BCUT2D eigenvalue weighted by molar-refractivity contribution is 6.07. The Morgan fingerprint density at radius 2 is 1.89 bits per heavy atom. The molecular formula is C28H40N4O3. The van der Waals surface area contributed by atoms with Crippen molar-refractivity contribution >= 4 is 23.4 Å². The third-order valence-electron chi connectivity index (χ3n) is 9.02. The maximum Gasteiger partial charge on any atom is 0.249 e. The van der Waals surface area contributed by atoms with Crippen LogP contribution in [0.15, 0.2) is 18.2 Å². The zero-order valence-electron chi connectivity index (χ0n) is 21.5. The van der Waals surface area contributed by atoms with Crippen LogP contribution in [0.5, 0.6) is 0 Å². The van der Waals surface area contributed by atoms with Gasteiger partial charge in [0, 0.05) is 43.6 Å². The Morgan fingerprint density at radius 3 is 2.51 bits per heavy atom. The second-order valence-electron chi connectivity index (χ2n) is 11.5. The minimum atomic E-state index is -0.624. The summed E-state index contributed by atoms with van der Waals surface area (Å²) < 4.78 is 0. The van der Waals surface area contributed by atoms with Gasteiger partial charge >= 0.3 is 0 Å². The highest BCUT2D eigenvalue weighted by atomic mass is 16.2. The van der Waals surface area contributed by atoms with Crippen molar-refractivity contribution in [2.24, 2.45) is 5.41 Å². The van der Waals surface area contributed by atoms with Gasteiger partial charge in [0.05, 0.1) is 0 Å². The van der Waals surface area contributed by atoms with Gasteiger partial charge in [-0.2, -0.15) is 0 Å². The molecule has 1 N–H and O–H groups in total. The van der Waals surface area contributed by atoms with Crippen LogP contribution < -0.4 is 10.2 Å². The monoisotopic (exact) mass is 480 g/mol. The van der Waals surface area contributed by atoms with Gasteiger partial charge in [-0.3, -0.25) is 29.5 Å². The number of hydrogen-bond donors (Lipinski definition) is 1. The van der Waals surface area contributed by atoms with Gasteiger partial charge in [-0.15, -0.1) is 0 Å². The molecule has 0 aromatic heterocycles. The summed E-state index contributed by atoms with van der Waals surface area (Å²) in [4.78, 5) is 44.1. The predicted molar refractivity (Wildman–Crippen MR) is 136 cm³/mol. The molecule has 3 amide bonds. The molecule has 1 unspecified atom stereocenters. The number of piperidine rings is 2. The SMILES string of the molecule is CCCC(=O)N(c1ccc(C2CN(C3CC4(CCN(C)CC4)C3)C2)cc1C)C1CCC(=O)NC1=O. The first kappa shape index (κ1) is 24.4. The molecule has 190 valence electrons. The zero-order chi connectivity index (χ0) is 24.7. The van der Waals surface area contributed by atoms with Crippen LogP contribution in [0, 0.1) is 12.3 Å². The Bertz CT molecular complexity index is 986. The van der Waals surface area contributed by atoms with Crippen molar-refractivity contribution < 1.29 is 14.4 Å². The van der Waals surface area contributed by atoms with Crippen LogP contribution in [0.1, 0.15) is 75.3 Å². The van der Waals surface area contributed by atoms with E-state index in [0.717, 1.165) is 36.8 Å². The van der Waals surface area contributed by atoms with Crippen LogP contribution in [0.3, 0.4) is 0 Å². The van der Waals surface area contributed by atoms with E-state index in [-0.39, 0.29) is 24.1 Å². The molecule has 4 aliphatic rings. The van der Waals surface area contributed by atoms with Gasteiger partial charge in [0.1, 0.15) is 6.04 Å². The van der Waals surface area contributed by atoms with Crippen LogP contribution in [-0.4, -0.2) is 72.8 Å². The van der Waals surface area contributed by atoms with Gasteiger partial charge < -0.3 is 4.90 Å². The summed E-state index contributed by atoms with van der Waals surface area (Å²) in [6, 6.07) is 6.49. The van der Waals surface area contributed by atoms with E-state index >= 15 is 0 Å². The lowest BCUT2D eigenvalue weighted by molar-refractivity contribution is -0.135. The molecule has 1 atom stereocenters. The number of nitrogens with zero attached hydrogens (tertiary/aromatic N) is 3. The van der Waals surface area contributed by atoms with Gasteiger partial charge in [0.15, 0.2) is 0 Å². The Labute approximate surface area is 209 Å². The van der Waals surface area contributed by atoms with E-state index in [9.17, 15) is 14.4 Å². The standard InChI is InChI=1S/C28H40N4O3/c1-4-5-26(34)32(24-8-9-25(33)29-27(24)35)23-7-6-20(14-19(23)2)21-17-31(18-21)22-15-28(16-22)10-12-30(3)13-11-28/h6-7,14,21-22,24H,4-5,8-13,15-18H2,1-3H3,(H,29,33,35). The van der Waals surface area contributed by atoms with Gasteiger partial charge in [0.25, 0.3) is 0 Å². The van der Waals surface area contributed by atoms with Crippen molar-refractivity contribution in [2.75, 3.05) is 38.1 Å². The van der Waals surface area contributed by atoms with Crippen molar-refractivity contribution in [1.29, 1.82) is 0 Å². The Balaban J connectivity index is 1.23. The van der Waals surface area contributed by atoms with Crippen LogP contribution in [0.2, 0.25) is 0 Å². The lowest BCUT2D eigenvalue weighted by Crippen LogP contribution is -2.60. The van der Waals surface area contributed by atoms with E-state index in [4.69, 9.17) is 0 Å². The quantitative estimate of drug-likeness (QED) is 0.633. The molecule has 1 saturated carbocycles. The van der Waals surface area contributed by atoms with E-state index in [2.05, 4.69) is 34.3 Å². The predicted octanol–water partition coefficient (Wildman–Crippen LogP) is 3.21.